The molecule has 160 valence electrons. The molecule has 0 aliphatic carbocycles. The molecule has 5 nitrogen and oxygen atoms in total. The fourth-order valence-corrected chi connectivity index (χ4v) is 4.38. The van der Waals surface area contributed by atoms with Crippen LogP contribution in [0.2, 0.25) is 0 Å². The lowest BCUT2D eigenvalue weighted by atomic mass is 9.98. The molecule has 0 saturated carbocycles. The van der Waals surface area contributed by atoms with Gasteiger partial charge in [0.15, 0.2) is 0 Å². The van der Waals surface area contributed by atoms with Crippen LogP contribution >= 0.6 is 0 Å². The summed E-state index contributed by atoms with van der Waals surface area (Å²) in [5.74, 6) is -0.589. The summed E-state index contributed by atoms with van der Waals surface area (Å²) in [6.07, 6.45) is 1.78. The number of anilines is 2. The topological polar surface area (TPSA) is 49.9 Å². The summed E-state index contributed by atoms with van der Waals surface area (Å²) in [5.41, 5.74) is 3.63. The van der Waals surface area contributed by atoms with E-state index >= 15 is 0 Å². The molecule has 0 atom stereocenters. The van der Waals surface area contributed by atoms with Crippen LogP contribution < -0.4 is 14.5 Å². The van der Waals surface area contributed by atoms with Crippen molar-refractivity contribution in [2.45, 2.75) is 12.8 Å². The molecule has 0 radical (unpaired) electrons. The predicted molar refractivity (Wildman–Crippen MR) is 121 cm³/mol. The Labute approximate surface area is 185 Å². The molecular formula is C26H21FN2O3. The summed E-state index contributed by atoms with van der Waals surface area (Å²) in [5, 5.41) is 0. The highest BCUT2D eigenvalue weighted by molar-refractivity contribution is 6.46. The summed E-state index contributed by atoms with van der Waals surface area (Å²) in [6, 6.07) is 20.4. The third-order valence-electron chi connectivity index (χ3n) is 5.90. The summed E-state index contributed by atoms with van der Waals surface area (Å²) in [4.78, 5) is 30.5. The number of imide groups is 1. The number of halogens is 1. The Kier molecular flexibility index (Phi) is 4.98. The highest BCUT2D eigenvalue weighted by Crippen LogP contribution is 2.39. The number of aryl methyl sites for hydroxylation is 1. The van der Waals surface area contributed by atoms with Crippen molar-refractivity contribution >= 4 is 28.8 Å². The van der Waals surface area contributed by atoms with Crippen molar-refractivity contribution in [1.29, 1.82) is 0 Å². The van der Waals surface area contributed by atoms with Crippen molar-refractivity contribution in [2.75, 3.05) is 23.5 Å². The minimum Gasteiger partial charge on any atom is -0.497 e. The Balaban J connectivity index is 1.67. The number of hydrogen-bond acceptors (Lipinski definition) is 4. The van der Waals surface area contributed by atoms with Gasteiger partial charge in [-0.1, -0.05) is 30.3 Å². The van der Waals surface area contributed by atoms with Gasteiger partial charge in [0.2, 0.25) is 0 Å². The second-order valence-electron chi connectivity index (χ2n) is 7.76. The zero-order valence-electron chi connectivity index (χ0n) is 17.5. The van der Waals surface area contributed by atoms with E-state index in [0.717, 1.165) is 24.1 Å². The highest BCUT2D eigenvalue weighted by atomic mass is 19.1. The number of benzene rings is 3. The molecule has 0 bridgehead atoms. The van der Waals surface area contributed by atoms with E-state index in [-0.39, 0.29) is 5.57 Å². The SMILES string of the molecule is COc1ccc(N2C(=O)C(c3ccc(F)cc3)=C(N3CCCc4ccccc43)C2=O)cc1. The third-order valence-corrected chi connectivity index (χ3v) is 5.90. The van der Waals surface area contributed by atoms with Gasteiger partial charge in [-0.2, -0.15) is 0 Å². The largest absolute Gasteiger partial charge is 0.497 e. The van der Waals surface area contributed by atoms with Crippen molar-refractivity contribution in [3.05, 3.63) is 95.4 Å². The summed E-state index contributed by atoms with van der Waals surface area (Å²) in [6.45, 7) is 0.618. The number of carbonyl (C=O) groups is 2. The lowest BCUT2D eigenvalue weighted by molar-refractivity contribution is -0.120. The first-order valence-corrected chi connectivity index (χ1v) is 10.5. The van der Waals surface area contributed by atoms with E-state index in [4.69, 9.17) is 4.74 Å². The zero-order valence-corrected chi connectivity index (χ0v) is 17.5. The normalized spacial score (nSPS) is 15.9. The van der Waals surface area contributed by atoms with Gasteiger partial charge in [0.05, 0.1) is 18.4 Å². The number of hydrogen-bond donors (Lipinski definition) is 0. The first-order chi connectivity index (χ1) is 15.6. The number of methoxy groups -OCH3 is 1. The van der Waals surface area contributed by atoms with Gasteiger partial charge in [0.1, 0.15) is 17.3 Å². The van der Waals surface area contributed by atoms with Crippen LogP contribution in [0, 0.1) is 5.82 Å². The molecule has 0 fully saturated rings. The minimum absolute atomic E-state index is 0.280. The zero-order chi connectivity index (χ0) is 22.2. The van der Waals surface area contributed by atoms with Crippen LogP contribution in [0.25, 0.3) is 5.57 Å². The number of nitrogens with zero attached hydrogens (tertiary/aromatic N) is 2. The van der Waals surface area contributed by atoms with Crippen molar-refractivity contribution in [1.82, 2.24) is 0 Å². The summed E-state index contributed by atoms with van der Waals surface area (Å²) in [7, 11) is 1.56. The summed E-state index contributed by atoms with van der Waals surface area (Å²) < 4.78 is 18.8. The highest BCUT2D eigenvalue weighted by Gasteiger charge is 2.43. The molecule has 2 heterocycles. The number of fused-ring (bicyclic) bond motifs is 1. The molecule has 32 heavy (non-hydrogen) atoms. The average Bonchev–Trinajstić information content (AvgIpc) is 3.09. The molecule has 2 amide bonds. The monoisotopic (exact) mass is 428 g/mol. The van der Waals surface area contributed by atoms with E-state index in [0.29, 0.717) is 29.2 Å². The van der Waals surface area contributed by atoms with Crippen LogP contribution in [-0.2, 0) is 16.0 Å². The van der Waals surface area contributed by atoms with Gasteiger partial charge in [0.25, 0.3) is 11.8 Å². The fourth-order valence-electron chi connectivity index (χ4n) is 4.38. The van der Waals surface area contributed by atoms with Crippen LogP contribution in [0.1, 0.15) is 17.5 Å². The Morgan fingerprint density at radius 1 is 0.875 bits per heavy atom. The fraction of sp³-hybridized carbons (Fsp3) is 0.154. The van der Waals surface area contributed by atoms with Gasteiger partial charge >= 0.3 is 0 Å². The van der Waals surface area contributed by atoms with Crippen molar-refractivity contribution in [3.8, 4) is 5.75 Å². The van der Waals surface area contributed by atoms with E-state index in [2.05, 4.69) is 0 Å². The van der Waals surface area contributed by atoms with Gasteiger partial charge < -0.3 is 9.64 Å². The molecule has 3 aromatic carbocycles. The standard InChI is InChI=1S/C26H21FN2O3/c1-32-21-14-12-20(13-15-21)29-25(30)23(18-8-10-19(27)11-9-18)24(26(29)31)28-16-4-6-17-5-2-3-7-22(17)28/h2-3,5,7-15H,4,6,16H2,1H3. The maximum atomic E-state index is 13.7. The maximum absolute atomic E-state index is 13.7. The Morgan fingerprint density at radius 3 is 2.31 bits per heavy atom. The third kappa shape index (κ3) is 3.24. The first-order valence-electron chi connectivity index (χ1n) is 10.5. The lowest BCUT2D eigenvalue weighted by Crippen LogP contribution is -2.37. The minimum atomic E-state index is -0.426. The molecule has 6 heteroatoms. The van der Waals surface area contributed by atoms with Crippen molar-refractivity contribution in [3.63, 3.8) is 0 Å². The second kappa shape index (κ2) is 7.96. The molecule has 0 unspecified atom stereocenters. The number of rotatable bonds is 4. The Morgan fingerprint density at radius 2 is 1.59 bits per heavy atom. The van der Waals surface area contributed by atoms with E-state index in [1.165, 1.54) is 17.0 Å². The summed E-state index contributed by atoms with van der Waals surface area (Å²) >= 11 is 0. The molecule has 0 N–H and O–H groups in total. The van der Waals surface area contributed by atoms with E-state index in [1.54, 1.807) is 43.5 Å². The van der Waals surface area contributed by atoms with E-state index < -0.39 is 17.6 Å². The predicted octanol–water partition coefficient (Wildman–Crippen LogP) is 4.57. The second-order valence-corrected chi connectivity index (χ2v) is 7.76. The van der Waals surface area contributed by atoms with E-state index in [9.17, 15) is 14.0 Å². The van der Waals surface area contributed by atoms with Gasteiger partial charge in [-0.15, -0.1) is 0 Å². The molecule has 0 saturated heterocycles. The van der Waals surface area contributed by atoms with Crippen LogP contribution in [0.15, 0.2) is 78.5 Å². The number of amides is 2. The molecular weight excluding hydrogens is 407 g/mol. The number of carbonyl (C=O) groups excluding carboxylic acids is 2. The Hall–Kier alpha value is -3.93. The maximum Gasteiger partial charge on any atom is 0.282 e. The van der Waals surface area contributed by atoms with Crippen LogP contribution in [0.3, 0.4) is 0 Å². The van der Waals surface area contributed by atoms with Crippen LogP contribution in [0.4, 0.5) is 15.8 Å². The number of ether oxygens (including phenoxy) is 1. The van der Waals surface area contributed by atoms with Crippen LogP contribution in [0.5, 0.6) is 5.75 Å². The van der Waals surface area contributed by atoms with Crippen LogP contribution in [-0.4, -0.2) is 25.5 Å². The molecule has 2 aliphatic rings. The van der Waals surface area contributed by atoms with Gasteiger partial charge in [-0.05, 0) is 66.4 Å². The van der Waals surface area contributed by atoms with Gasteiger partial charge in [0, 0.05) is 12.2 Å². The lowest BCUT2D eigenvalue weighted by Gasteiger charge is -2.32. The molecule has 2 aliphatic heterocycles. The van der Waals surface area contributed by atoms with Gasteiger partial charge in [-0.25, -0.2) is 9.29 Å². The molecule has 0 spiro atoms. The smallest absolute Gasteiger partial charge is 0.282 e. The molecule has 5 rings (SSSR count). The first kappa shape index (κ1) is 20.0. The van der Waals surface area contributed by atoms with Gasteiger partial charge in [-0.3, -0.25) is 9.59 Å². The van der Waals surface area contributed by atoms with E-state index in [1.807, 2.05) is 29.2 Å². The van der Waals surface area contributed by atoms with Crippen molar-refractivity contribution < 1.29 is 18.7 Å². The molecule has 3 aromatic rings. The average molecular weight is 428 g/mol. The quantitative estimate of drug-likeness (QED) is 0.571. The van der Waals surface area contributed by atoms with Crippen molar-refractivity contribution in [2.24, 2.45) is 0 Å². The Bertz CT molecular complexity index is 1230. The number of para-hydroxylation sites is 1. The molecule has 0 aromatic heterocycles.